The van der Waals surface area contributed by atoms with Crippen LogP contribution in [0.3, 0.4) is 0 Å². The van der Waals surface area contributed by atoms with Crippen LogP contribution in [0.4, 0.5) is 0 Å². The number of aryl methyl sites for hydroxylation is 1. The molecule has 1 aromatic heterocycles. The number of rotatable bonds is 6. The average Bonchev–Trinajstić information content (AvgIpc) is 3.72. The molecule has 0 aliphatic heterocycles. The van der Waals surface area contributed by atoms with Crippen LogP contribution in [0.1, 0.15) is 82.5 Å². The van der Waals surface area contributed by atoms with E-state index in [4.69, 9.17) is 15.7 Å². The van der Waals surface area contributed by atoms with Crippen LogP contribution in [0.2, 0.25) is 0 Å². The monoisotopic (exact) mass is 902 g/mol. The molecule has 0 bridgehead atoms. The van der Waals surface area contributed by atoms with E-state index in [0.717, 1.165) is 79.9 Å². The minimum Gasteiger partial charge on any atom is -0.383 e. The highest BCUT2D eigenvalue weighted by Gasteiger charge is 2.53. The highest BCUT2D eigenvalue weighted by Crippen LogP contribution is 2.63. The van der Waals surface area contributed by atoms with Gasteiger partial charge in [-0.25, -0.2) is 9.98 Å². The van der Waals surface area contributed by atoms with Crippen molar-refractivity contribution < 1.29 is 0 Å². The van der Waals surface area contributed by atoms with Crippen LogP contribution >= 0.6 is 0 Å². The Kier molecular flexibility index (Phi) is 11.5. The number of benzene rings is 8. The van der Waals surface area contributed by atoms with Gasteiger partial charge in [0.25, 0.3) is 0 Å². The lowest BCUT2D eigenvalue weighted by Crippen LogP contribution is -2.40. The van der Waals surface area contributed by atoms with Gasteiger partial charge in [-0.05, 0) is 110 Å². The molecule has 4 heteroatoms. The summed E-state index contributed by atoms with van der Waals surface area (Å²) in [4.78, 5) is 10.1. The summed E-state index contributed by atoms with van der Waals surface area (Å²) in [6.07, 6.45) is 8.78. The molecule has 1 spiro atoms. The van der Waals surface area contributed by atoms with Crippen LogP contribution < -0.4 is 5.73 Å². The number of nitrogens with zero attached hydrogens (tertiary/aromatic N) is 2. The molecule has 0 amide bonds. The van der Waals surface area contributed by atoms with Crippen LogP contribution in [0, 0.1) is 12.3 Å². The maximum absolute atomic E-state index is 9.21. The fourth-order valence-electron chi connectivity index (χ4n) is 11.0. The van der Waals surface area contributed by atoms with Crippen molar-refractivity contribution in [3.8, 4) is 44.6 Å². The maximum Gasteiger partial charge on any atom is 0.154 e. The van der Waals surface area contributed by atoms with E-state index in [2.05, 4.69) is 185 Å². The standard InChI is InChI=1S/C59H46N4.C7H8/c1-58(2)48-24-12-14-26-50(48)59(51-27-15-13-25-49(51)58)47-34-33-43(44-36-53(40-19-8-4-9-20-40)62-54(37-44)41-21-10-5-11-22-41)35-46(47)55-45(23-16-28-52(55)59)57(61)63-56(60)42-31-29-39(30-32-42)38-17-6-3-7-18-38;1-7-5-3-2-4-6-7/h3-4,6-10,12-37H,5,11H2,1-2H3,(H3,60,61,63);2-6H,1H3. The molecule has 70 heavy (non-hydrogen) atoms. The van der Waals surface area contributed by atoms with Gasteiger partial charge in [-0.1, -0.05) is 232 Å². The van der Waals surface area contributed by atoms with Gasteiger partial charge in [0.15, 0.2) is 5.84 Å². The molecule has 1 heterocycles. The predicted molar refractivity (Wildman–Crippen MR) is 292 cm³/mol. The summed E-state index contributed by atoms with van der Waals surface area (Å²) in [5, 5.41) is 9.21. The number of fused-ring (bicyclic) bond motifs is 9. The van der Waals surface area contributed by atoms with Crippen molar-refractivity contribution in [3.05, 3.63) is 286 Å². The van der Waals surface area contributed by atoms with E-state index < -0.39 is 5.41 Å². The average molecular weight is 903 g/mol. The molecule has 0 atom stereocenters. The largest absolute Gasteiger partial charge is 0.383 e. The zero-order chi connectivity index (χ0) is 47.8. The predicted octanol–water partition coefficient (Wildman–Crippen LogP) is 15.5. The second kappa shape index (κ2) is 18.2. The van der Waals surface area contributed by atoms with Crippen LogP contribution in [0.15, 0.2) is 236 Å². The van der Waals surface area contributed by atoms with Crippen molar-refractivity contribution in [2.24, 2.45) is 10.7 Å². The first-order chi connectivity index (χ1) is 34.2. The van der Waals surface area contributed by atoms with Gasteiger partial charge in [0, 0.05) is 22.1 Å². The van der Waals surface area contributed by atoms with Crippen LogP contribution in [0.5, 0.6) is 0 Å². The van der Waals surface area contributed by atoms with Gasteiger partial charge < -0.3 is 5.73 Å². The number of hydrogen-bond donors (Lipinski definition) is 2. The SMILES string of the molecule is CC1(C)c2ccccc2C2(c3ccc(-c4cc(C5=CCCC=C5)nc(-c5ccccc5)c4)cc3-c3c(C(N)=NC(=N)c4ccc(-c5ccccc5)cc4)cccc32)c2ccccc21.Cc1ccccc1. The number of nitrogens with two attached hydrogens (primary N) is 1. The topological polar surface area (TPSA) is 75.1 Å². The molecule has 3 N–H and O–H groups in total. The molecule has 0 saturated heterocycles. The third kappa shape index (κ3) is 7.72. The van der Waals surface area contributed by atoms with Crippen molar-refractivity contribution in [1.29, 1.82) is 5.41 Å². The smallest absolute Gasteiger partial charge is 0.154 e. The van der Waals surface area contributed by atoms with Crippen molar-refractivity contribution in [2.75, 3.05) is 0 Å². The quantitative estimate of drug-likeness (QED) is 0.129. The summed E-state index contributed by atoms with van der Waals surface area (Å²) in [5.74, 6) is 0.425. The van der Waals surface area contributed by atoms with Crippen molar-refractivity contribution in [3.63, 3.8) is 0 Å². The van der Waals surface area contributed by atoms with Gasteiger partial charge in [-0.15, -0.1) is 0 Å². The normalized spacial score (nSPS) is 14.6. The molecule has 3 aliphatic rings. The Balaban J connectivity index is 0.000000703. The molecule has 0 saturated carbocycles. The number of aliphatic imine (C=N–C) groups is 1. The lowest BCUT2D eigenvalue weighted by Gasteiger charge is -2.46. The Bertz CT molecular complexity index is 3480. The number of nitrogens with one attached hydrogen (secondary N) is 1. The highest BCUT2D eigenvalue weighted by atomic mass is 14.9. The highest BCUT2D eigenvalue weighted by molar-refractivity contribution is 6.14. The molecule has 8 aromatic carbocycles. The summed E-state index contributed by atoms with van der Waals surface area (Å²) in [7, 11) is 0. The molecular weight excluding hydrogens is 849 g/mol. The first-order valence-electron chi connectivity index (χ1n) is 24.3. The Labute approximate surface area is 411 Å². The molecule has 0 radical (unpaired) electrons. The van der Waals surface area contributed by atoms with Crippen LogP contribution in [-0.2, 0) is 10.8 Å². The Hall–Kier alpha value is -8.47. The molecule has 3 aliphatic carbocycles. The van der Waals surface area contributed by atoms with Gasteiger partial charge >= 0.3 is 0 Å². The van der Waals surface area contributed by atoms with E-state index >= 15 is 0 Å². The third-order valence-electron chi connectivity index (χ3n) is 14.4. The second-order valence-corrected chi connectivity index (χ2v) is 19.0. The Morgan fingerprint density at radius 1 is 0.514 bits per heavy atom. The van der Waals surface area contributed by atoms with E-state index in [1.807, 2.05) is 66.7 Å². The first kappa shape index (κ1) is 44.1. The first-order valence-corrected chi connectivity index (χ1v) is 24.3. The van der Waals surface area contributed by atoms with Crippen LogP contribution in [0.25, 0.3) is 50.2 Å². The molecular formula is C66H54N4. The summed E-state index contributed by atoms with van der Waals surface area (Å²) in [5.41, 5.74) is 27.3. The minimum absolute atomic E-state index is 0.116. The third-order valence-corrected chi connectivity index (χ3v) is 14.4. The fraction of sp³-hybridized carbons (Fsp3) is 0.106. The van der Waals surface area contributed by atoms with E-state index in [9.17, 15) is 5.41 Å². The minimum atomic E-state index is -0.626. The van der Waals surface area contributed by atoms with E-state index in [0.29, 0.717) is 11.4 Å². The van der Waals surface area contributed by atoms with E-state index in [1.165, 1.54) is 33.4 Å². The number of allylic oxidation sites excluding steroid dienone is 4. The van der Waals surface area contributed by atoms with Crippen molar-refractivity contribution >= 4 is 17.2 Å². The van der Waals surface area contributed by atoms with Gasteiger partial charge in [-0.3, -0.25) is 5.41 Å². The van der Waals surface area contributed by atoms with E-state index in [1.54, 1.807) is 0 Å². The van der Waals surface area contributed by atoms with Gasteiger partial charge in [-0.2, -0.15) is 0 Å². The maximum atomic E-state index is 9.21. The Morgan fingerprint density at radius 2 is 1.07 bits per heavy atom. The molecule has 0 fully saturated rings. The number of amidine groups is 2. The fourth-order valence-corrected chi connectivity index (χ4v) is 11.0. The zero-order valence-corrected chi connectivity index (χ0v) is 39.8. The Morgan fingerprint density at radius 3 is 1.69 bits per heavy atom. The zero-order valence-electron chi connectivity index (χ0n) is 39.8. The van der Waals surface area contributed by atoms with E-state index in [-0.39, 0.29) is 11.3 Å². The molecule has 0 unspecified atom stereocenters. The number of pyridine rings is 1. The van der Waals surface area contributed by atoms with Crippen LogP contribution in [-0.4, -0.2) is 16.7 Å². The molecule has 4 nitrogen and oxygen atoms in total. The molecule has 12 rings (SSSR count). The van der Waals surface area contributed by atoms with Crippen molar-refractivity contribution in [2.45, 2.75) is 44.4 Å². The number of hydrogen-bond acceptors (Lipinski definition) is 2. The van der Waals surface area contributed by atoms with Gasteiger partial charge in [0.1, 0.15) is 5.84 Å². The van der Waals surface area contributed by atoms with Crippen molar-refractivity contribution in [1.82, 2.24) is 4.98 Å². The summed E-state index contributed by atoms with van der Waals surface area (Å²) < 4.78 is 0. The lowest BCUT2D eigenvalue weighted by atomic mass is 9.55. The summed E-state index contributed by atoms with van der Waals surface area (Å²) >= 11 is 0. The van der Waals surface area contributed by atoms with Gasteiger partial charge in [0.05, 0.1) is 16.8 Å². The molecule has 9 aromatic rings. The summed E-state index contributed by atoms with van der Waals surface area (Å²) in [6, 6.07) is 74.9. The van der Waals surface area contributed by atoms with Gasteiger partial charge in [0.2, 0.25) is 0 Å². The summed E-state index contributed by atoms with van der Waals surface area (Å²) in [6.45, 7) is 6.78. The molecule has 338 valence electrons. The number of aromatic nitrogens is 1. The second-order valence-electron chi connectivity index (χ2n) is 19.0. The lowest BCUT2D eigenvalue weighted by molar-refractivity contribution is 0.563.